The summed E-state index contributed by atoms with van der Waals surface area (Å²) in [4.78, 5) is 0. The third kappa shape index (κ3) is 3.12. The Morgan fingerprint density at radius 2 is 2.57 bits per heavy atom. The second kappa shape index (κ2) is 3.49. The molecule has 0 heterocycles. The minimum Gasteiger partial charge on any atom is -0.507 e. The molecular weight excluding hydrogens is 96.0 g/mol. The molecular formula is C4H7O3. The van der Waals surface area contributed by atoms with Crippen LogP contribution in [0.4, 0.5) is 0 Å². The maximum atomic E-state index is 9.62. The van der Waals surface area contributed by atoms with E-state index >= 15 is 0 Å². The lowest BCUT2D eigenvalue weighted by Gasteiger charge is -1.88. The number of hydrogen-bond donors (Lipinski definition) is 1. The topological polar surface area (TPSA) is 49.4 Å². The molecule has 1 N–H and O–H groups in total. The second-order valence-electron chi connectivity index (χ2n) is 0.989. The fourth-order valence-electron chi connectivity index (χ4n) is 0.170. The first kappa shape index (κ1) is 6.30. The Balaban J connectivity index is 3.29. The van der Waals surface area contributed by atoms with Crippen LogP contribution >= 0.6 is 0 Å². The lowest BCUT2D eigenvalue weighted by atomic mass is 10.6. The van der Waals surface area contributed by atoms with Crippen LogP contribution in [0.15, 0.2) is 12.0 Å². The Kier molecular flexibility index (Phi) is 3.14. The predicted octanol–water partition coefficient (Wildman–Crippen LogP) is 0.463. The fourth-order valence-corrected chi connectivity index (χ4v) is 0.170. The molecule has 3 nitrogen and oxygen atoms in total. The van der Waals surface area contributed by atoms with E-state index in [0.717, 1.165) is 6.26 Å². The minimum atomic E-state index is -0.617. The Morgan fingerprint density at radius 1 is 2.00 bits per heavy atom. The third-order valence-corrected chi connectivity index (χ3v) is 0.402. The summed E-state index contributed by atoms with van der Waals surface area (Å²) in [5.41, 5.74) is 0. The summed E-state index contributed by atoms with van der Waals surface area (Å²) in [5.74, 6) is -0.275. The van der Waals surface area contributed by atoms with Crippen LogP contribution in [-0.2, 0) is 9.84 Å². The summed E-state index contributed by atoms with van der Waals surface area (Å²) < 4.78 is 4.28. The van der Waals surface area contributed by atoms with Crippen molar-refractivity contribution >= 4 is 0 Å². The van der Waals surface area contributed by atoms with Gasteiger partial charge in [-0.05, 0) is 0 Å². The molecule has 0 aliphatic rings. The molecule has 0 aliphatic heterocycles. The molecule has 0 aliphatic carbocycles. The fraction of sp³-hybridized carbons (Fsp3) is 0.500. The molecule has 0 aromatic heterocycles. The van der Waals surface area contributed by atoms with Gasteiger partial charge >= 0.3 is 0 Å². The smallest absolute Gasteiger partial charge is 0.156 e. The van der Waals surface area contributed by atoms with E-state index in [1.165, 1.54) is 7.11 Å². The number of methoxy groups -OCH3 is 1. The maximum Gasteiger partial charge on any atom is 0.156 e. The van der Waals surface area contributed by atoms with Crippen LogP contribution < -0.4 is 0 Å². The van der Waals surface area contributed by atoms with Gasteiger partial charge in [-0.3, -0.25) is 0 Å². The summed E-state index contributed by atoms with van der Waals surface area (Å²) in [7, 11) is 1.37. The van der Waals surface area contributed by atoms with Crippen LogP contribution in [0.3, 0.4) is 0 Å². The molecule has 0 rings (SSSR count). The average molecular weight is 103 g/mol. The van der Waals surface area contributed by atoms with Gasteiger partial charge in [0, 0.05) is 0 Å². The van der Waals surface area contributed by atoms with Gasteiger partial charge in [-0.1, -0.05) is 0 Å². The minimum absolute atomic E-state index is 0.275. The number of aliphatic hydroxyl groups excluding tert-OH is 1. The van der Waals surface area contributed by atoms with Gasteiger partial charge < -0.3 is 9.84 Å². The SMILES string of the molecule is COC=C(O)C[O]. The van der Waals surface area contributed by atoms with Gasteiger partial charge in [0.1, 0.15) is 12.9 Å². The van der Waals surface area contributed by atoms with Crippen LogP contribution in [0.25, 0.3) is 0 Å². The highest BCUT2D eigenvalue weighted by Crippen LogP contribution is 1.82. The van der Waals surface area contributed by atoms with Crippen molar-refractivity contribution in [1.82, 2.24) is 0 Å². The number of ether oxygens (including phenoxy) is 1. The van der Waals surface area contributed by atoms with Crippen molar-refractivity contribution in [2.75, 3.05) is 13.7 Å². The first-order valence-corrected chi connectivity index (χ1v) is 1.80. The van der Waals surface area contributed by atoms with Gasteiger partial charge in [-0.25, -0.2) is 5.11 Å². The molecule has 0 amide bonds. The van der Waals surface area contributed by atoms with Gasteiger partial charge in [0.05, 0.1) is 7.11 Å². The highest BCUT2D eigenvalue weighted by Gasteiger charge is 1.84. The van der Waals surface area contributed by atoms with E-state index in [9.17, 15) is 5.11 Å². The van der Waals surface area contributed by atoms with Crippen molar-refractivity contribution in [3.63, 3.8) is 0 Å². The van der Waals surface area contributed by atoms with E-state index in [2.05, 4.69) is 4.74 Å². The Morgan fingerprint density at radius 3 is 2.71 bits per heavy atom. The quantitative estimate of drug-likeness (QED) is 0.516. The summed E-state index contributed by atoms with van der Waals surface area (Å²) >= 11 is 0. The van der Waals surface area contributed by atoms with E-state index in [4.69, 9.17) is 5.11 Å². The molecule has 0 saturated carbocycles. The van der Waals surface area contributed by atoms with E-state index in [-0.39, 0.29) is 5.76 Å². The van der Waals surface area contributed by atoms with E-state index < -0.39 is 6.61 Å². The summed E-state index contributed by atoms with van der Waals surface area (Å²) in [6.45, 7) is -0.617. The standard InChI is InChI=1S/C4H7O3/c1-7-3-4(6)2-5/h3,6H,2H2,1H3. The van der Waals surface area contributed by atoms with Crippen molar-refractivity contribution in [2.45, 2.75) is 0 Å². The molecule has 0 aromatic carbocycles. The van der Waals surface area contributed by atoms with Gasteiger partial charge in [0.2, 0.25) is 0 Å². The van der Waals surface area contributed by atoms with Gasteiger partial charge in [0.15, 0.2) is 5.76 Å². The molecule has 0 aromatic rings. The highest BCUT2D eigenvalue weighted by atomic mass is 16.5. The zero-order valence-corrected chi connectivity index (χ0v) is 4.05. The molecule has 0 unspecified atom stereocenters. The van der Waals surface area contributed by atoms with Crippen LogP contribution in [0.1, 0.15) is 0 Å². The zero-order valence-electron chi connectivity index (χ0n) is 4.05. The van der Waals surface area contributed by atoms with Gasteiger partial charge in [0.25, 0.3) is 0 Å². The predicted molar refractivity (Wildman–Crippen MR) is 23.3 cm³/mol. The molecule has 0 spiro atoms. The Hall–Kier alpha value is -0.700. The zero-order chi connectivity index (χ0) is 5.70. The highest BCUT2D eigenvalue weighted by molar-refractivity contribution is 4.82. The van der Waals surface area contributed by atoms with Crippen molar-refractivity contribution in [1.29, 1.82) is 0 Å². The molecule has 3 heteroatoms. The van der Waals surface area contributed by atoms with E-state index in [1.807, 2.05) is 0 Å². The van der Waals surface area contributed by atoms with Crippen molar-refractivity contribution in [2.24, 2.45) is 0 Å². The van der Waals surface area contributed by atoms with Crippen molar-refractivity contribution in [3.05, 3.63) is 12.0 Å². The first-order valence-electron chi connectivity index (χ1n) is 1.80. The third-order valence-electron chi connectivity index (χ3n) is 0.402. The molecule has 0 fully saturated rings. The van der Waals surface area contributed by atoms with Gasteiger partial charge in [-0.15, -0.1) is 0 Å². The Bertz CT molecular complexity index is 67.3. The van der Waals surface area contributed by atoms with Crippen LogP contribution in [0, 0.1) is 0 Å². The number of rotatable bonds is 2. The van der Waals surface area contributed by atoms with Crippen LogP contribution in [0.5, 0.6) is 0 Å². The second-order valence-corrected chi connectivity index (χ2v) is 0.989. The maximum absolute atomic E-state index is 9.62. The first-order chi connectivity index (χ1) is 3.31. The molecule has 0 saturated heterocycles. The normalized spacial score (nSPS) is 11.4. The van der Waals surface area contributed by atoms with Crippen molar-refractivity contribution < 1.29 is 14.9 Å². The summed E-state index contributed by atoms with van der Waals surface area (Å²) in [6.07, 6.45) is 1.01. The number of aliphatic hydroxyl groups is 1. The summed E-state index contributed by atoms with van der Waals surface area (Å²) in [5, 5.41) is 17.9. The molecule has 0 atom stereocenters. The lowest BCUT2D eigenvalue weighted by Crippen LogP contribution is -1.85. The molecule has 7 heavy (non-hydrogen) atoms. The molecule has 41 valence electrons. The van der Waals surface area contributed by atoms with Crippen LogP contribution in [0.2, 0.25) is 0 Å². The number of hydrogen-bond acceptors (Lipinski definition) is 2. The van der Waals surface area contributed by atoms with Gasteiger partial charge in [-0.2, -0.15) is 0 Å². The molecule has 0 bridgehead atoms. The summed E-state index contributed by atoms with van der Waals surface area (Å²) in [6, 6.07) is 0. The van der Waals surface area contributed by atoms with E-state index in [0.29, 0.717) is 0 Å². The average Bonchev–Trinajstić information content (AvgIpc) is 1.68. The lowest BCUT2D eigenvalue weighted by molar-refractivity contribution is 0.165. The monoisotopic (exact) mass is 103 g/mol. The van der Waals surface area contributed by atoms with Crippen LogP contribution in [-0.4, -0.2) is 18.8 Å². The van der Waals surface area contributed by atoms with Crippen molar-refractivity contribution in [3.8, 4) is 0 Å². The van der Waals surface area contributed by atoms with E-state index in [1.54, 1.807) is 0 Å². The Labute approximate surface area is 41.8 Å². The molecule has 1 radical (unpaired) electrons. The largest absolute Gasteiger partial charge is 0.507 e.